The summed E-state index contributed by atoms with van der Waals surface area (Å²) in [5, 5.41) is 78.9. The van der Waals surface area contributed by atoms with Crippen molar-refractivity contribution in [3.05, 3.63) is 124 Å². The van der Waals surface area contributed by atoms with Gasteiger partial charge in [-0.3, -0.25) is 10.1 Å². The molecule has 0 aliphatic rings. The first-order valence-electron chi connectivity index (χ1n) is 14.4. The van der Waals surface area contributed by atoms with Crippen LogP contribution in [-0.2, 0) is 27.5 Å². The fourth-order valence-corrected chi connectivity index (χ4v) is 5.17. The smallest absolute Gasteiger partial charge is 0.871 e. The maximum absolute atomic E-state index is 12.4. The number of azo groups is 2. The molecule has 261 valence electrons. The molecule has 6 aromatic rings. The van der Waals surface area contributed by atoms with Crippen LogP contribution in [0.1, 0.15) is 18.9 Å². The number of fused-ring (bicyclic) bond motifs is 1. The van der Waals surface area contributed by atoms with E-state index in [9.17, 15) is 48.3 Å². The summed E-state index contributed by atoms with van der Waals surface area (Å²) in [6.07, 6.45) is 0. The van der Waals surface area contributed by atoms with Crippen molar-refractivity contribution in [2.75, 3.05) is 0 Å². The molecule has 0 saturated heterocycles. The van der Waals surface area contributed by atoms with E-state index >= 15 is 0 Å². The molecule has 0 fully saturated rings. The molecule has 0 amide bonds. The fourth-order valence-electron chi connectivity index (χ4n) is 4.58. The van der Waals surface area contributed by atoms with Crippen LogP contribution >= 0.6 is 0 Å². The Hall–Kier alpha value is -6.52. The number of nitrogens with zero attached hydrogens (tertiary/aromatic N) is 7. The number of nitro groups is 1. The largest absolute Gasteiger partial charge is 3.00 e. The average molecular weight is 761 g/mol. The molecule has 0 spiro atoms. The van der Waals surface area contributed by atoms with E-state index in [1.807, 2.05) is 6.07 Å². The molecular weight excluding hydrogens is 738 g/mol. The number of hydrogen-bond acceptors (Lipinski definition) is 15. The minimum Gasteiger partial charge on any atom is -0.871 e. The van der Waals surface area contributed by atoms with Crippen molar-refractivity contribution in [1.29, 1.82) is 0 Å². The van der Waals surface area contributed by atoms with Gasteiger partial charge in [0.25, 0.3) is 5.69 Å². The van der Waals surface area contributed by atoms with Crippen molar-refractivity contribution in [2.45, 2.75) is 11.8 Å². The number of carbonyl (C=O) groups excluding carboxylic acids is 1. The Bertz CT molecular complexity index is 2490. The quantitative estimate of drug-likeness (QED) is 0.0903. The Morgan fingerprint density at radius 1 is 0.808 bits per heavy atom. The van der Waals surface area contributed by atoms with Gasteiger partial charge in [-0.1, -0.05) is 84.3 Å². The van der Waals surface area contributed by atoms with Crippen LogP contribution in [0.15, 0.2) is 128 Å². The SMILES string of the molecule is Cc1nn(-c2ccccc2)c([O-])c1N=Nc1ccccc1C(=O)[O-].O=[N+]([O-])c1cc(N=Nc2c([O-])ccc3ccccc23)c([O-])c(S(=O)(=O)[O-])c1.[Cr+3].[H+].[H+]. The van der Waals surface area contributed by atoms with E-state index < -0.39 is 54.7 Å². The maximum atomic E-state index is 12.4. The number of carboxylic acids is 1. The summed E-state index contributed by atoms with van der Waals surface area (Å²) in [6, 6.07) is 25.5. The Morgan fingerprint density at radius 2 is 1.42 bits per heavy atom. The van der Waals surface area contributed by atoms with Gasteiger partial charge in [-0.05, 0) is 30.5 Å². The minimum atomic E-state index is -5.27. The first kappa shape index (κ1) is 38.3. The molecule has 5 aromatic carbocycles. The van der Waals surface area contributed by atoms with Crippen molar-refractivity contribution >= 4 is 55.3 Å². The third-order valence-electron chi connectivity index (χ3n) is 6.99. The van der Waals surface area contributed by atoms with Crippen molar-refractivity contribution < 1.29 is 63.3 Å². The Labute approximate surface area is 307 Å². The minimum absolute atomic E-state index is 0. The Kier molecular flexibility index (Phi) is 11.8. The molecule has 0 aliphatic heterocycles. The molecule has 0 aliphatic carbocycles. The second-order valence-corrected chi connectivity index (χ2v) is 11.7. The van der Waals surface area contributed by atoms with Gasteiger partial charge >= 0.3 is 20.2 Å². The van der Waals surface area contributed by atoms with E-state index in [2.05, 4.69) is 25.6 Å². The van der Waals surface area contributed by atoms with Gasteiger partial charge in [0.2, 0.25) is 0 Å². The zero-order chi connectivity index (χ0) is 36.9. The standard InChI is InChI=1S/C17H14N4O3.C16H11N3O7S.Cr/c1-11-15(16(22)21(20-11)12-7-3-2-4-8-12)19-18-14-10-6-5-9-13(14)17(23)24;20-13-6-5-9-3-1-2-4-11(9)15(13)18-17-12-7-10(19(22)23)8-14(16(12)21)27(24,25)26;/h2-10,22H,1H3,(H,23,24);1-8,20-21H,(H,24,25,26);/q;;+3/p-3. The van der Waals surface area contributed by atoms with Crippen molar-refractivity contribution in [3.8, 4) is 23.1 Å². The molecule has 1 heterocycles. The van der Waals surface area contributed by atoms with Crippen molar-refractivity contribution in [2.24, 2.45) is 20.5 Å². The summed E-state index contributed by atoms with van der Waals surface area (Å²) >= 11 is 0. The summed E-state index contributed by atoms with van der Waals surface area (Å²) in [5.41, 5.74) is -0.604. The summed E-state index contributed by atoms with van der Waals surface area (Å²) in [6.45, 7) is 1.64. The number of aromatic carboxylic acids is 1. The van der Waals surface area contributed by atoms with Crippen LogP contribution in [0.4, 0.5) is 28.4 Å². The summed E-state index contributed by atoms with van der Waals surface area (Å²) in [7, 11) is -5.27. The van der Waals surface area contributed by atoms with Gasteiger partial charge < -0.3 is 29.8 Å². The second-order valence-electron chi connectivity index (χ2n) is 10.3. The molecule has 0 bridgehead atoms. The first-order chi connectivity index (χ1) is 24.3. The predicted molar refractivity (Wildman–Crippen MR) is 173 cm³/mol. The van der Waals surface area contributed by atoms with E-state index in [0.29, 0.717) is 34.3 Å². The van der Waals surface area contributed by atoms with Crippen molar-refractivity contribution in [3.63, 3.8) is 0 Å². The average Bonchev–Trinajstić information content (AvgIpc) is 3.39. The second kappa shape index (κ2) is 16.0. The van der Waals surface area contributed by atoms with E-state index in [1.165, 1.54) is 22.9 Å². The number of aromatic nitrogens is 2. The molecular formula is C33H22CrN7O10S. The molecule has 1 aromatic heterocycles. The van der Waals surface area contributed by atoms with E-state index in [1.54, 1.807) is 73.7 Å². The number of nitro benzene ring substituents is 1. The normalized spacial score (nSPS) is 11.3. The van der Waals surface area contributed by atoms with Crippen LogP contribution < -0.4 is 20.4 Å². The zero-order valence-corrected chi connectivity index (χ0v) is 28.4. The molecule has 0 atom stereocenters. The van der Waals surface area contributed by atoms with Crippen LogP contribution in [0.3, 0.4) is 0 Å². The zero-order valence-electron chi connectivity index (χ0n) is 28.3. The molecule has 52 heavy (non-hydrogen) atoms. The van der Waals surface area contributed by atoms with Gasteiger partial charge in [0, 0.05) is 29.0 Å². The summed E-state index contributed by atoms with van der Waals surface area (Å²) < 4.78 is 34.8. The van der Waals surface area contributed by atoms with Gasteiger partial charge in [0.15, 0.2) is 0 Å². The van der Waals surface area contributed by atoms with Gasteiger partial charge in [-0.2, -0.15) is 15.3 Å². The Balaban J connectivity index is 0.000000356. The van der Waals surface area contributed by atoms with Crippen LogP contribution in [0.25, 0.3) is 16.5 Å². The molecule has 1 radical (unpaired) electrons. The molecule has 19 heteroatoms. The summed E-state index contributed by atoms with van der Waals surface area (Å²) in [4.78, 5) is 19.7. The molecule has 0 saturated carbocycles. The van der Waals surface area contributed by atoms with E-state index in [4.69, 9.17) is 0 Å². The van der Waals surface area contributed by atoms with Crippen LogP contribution in [0.2, 0.25) is 0 Å². The Morgan fingerprint density at radius 3 is 2.10 bits per heavy atom. The number of benzene rings is 5. The van der Waals surface area contributed by atoms with E-state index in [0.717, 1.165) is 0 Å². The van der Waals surface area contributed by atoms with Crippen LogP contribution in [0, 0.1) is 17.0 Å². The van der Waals surface area contributed by atoms with Crippen molar-refractivity contribution in [1.82, 2.24) is 9.78 Å². The third-order valence-corrected chi connectivity index (χ3v) is 7.83. The first-order valence-corrected chi connectivity index (χ1v) is 15.8. The predicted octanol–water partition coefficient (Wildman–Crippen LogP) is 4.47. The van der Waals surface area contributed by atoms with Gasteiger partial charge in [0.1, 0.15) is 15.8 Å². The van der Waals surface area contributed by atoms with E-state index in [-0.39, 0.29) is 42.8 Å². The molecule has 17 nitrogen and oxygen atoms in total. The number of aryl methyl sites for hydroxylation is 1. The number of rotatable bonds is 8. The van der Waals surface area contributed by atoms with Gasteiger partial charge in [-0.25, -0.2) is 13.1 Å². The monoisotopic (exact) mass is 760 g/mol. The third kappa shape index (κ3) is 8.43. The summed E-state index contributed by atoms with van der Waals surface area (Å²) in [5.74, 6) is -3.64. The number of para-hydroxylation sites is 1. The van der Waals surface area contributed by atoms with Crippen LogP contribution in [0.5, 0.6) is 17.4 Å². The van der Waals surface area contributed by atoms with Gasteiger partial charge in [-0.15, -0.1) is 10.2 Å². The molecule has 0 N–H and O–H groups in total. The fraction of sp³-hybridized carbons (Fsp3) is 0.0303. The molecule has 0 unspecified atom stereocenters. The number of non-ortho nitro benzene ring substituents is 1. The van der Waals surface area contributed by atoms with Crippen LogP contribution in [-0.4, -0.2) is 33.6 Å². The number of carbonyl (C=O) groups is 1. The molecule has 6 rings (SSSR count). The topological polar surface area (TPSA) is 277 Å². The van der Waals surface area contributed by atoms with Gasteiger partial charge in [0.05, 0.1) is 44.2 Å². The number of carboxylic acid groups (broad SMARTS) is 1. The number of hydrogen-bond donors (Lipinski definition) is 0. The maximum Gasteiger partial charge on any atom is 3.00 e.